The van der Waals surface area contributed by atoms with Crippen LogP contribution in [0.1, 0.15) is 13.3 Å². The van der Waals surface area contributed by atoms with Crippen molar-refractivity contribution in [1.29, 1.82) is 0 Å². The average Bonchev–Trinajstić information content (AvgIpc) is 2.29. The molecule has 0 radical (unpaired) electrons. The number of aliphatic hydroxyl groups is 1. The Kier molecular flexibility index (Phi) is 6.92. The third-order valence-electron chi connectivity index (χ3n) is 2.74. The van der Waals surface area contributed by atoms with Crippen molar-refractivity contribution in [3.8, 4) is 0 Å². The molecule has 0 amide bonds. The minimum Gasteiger partial charge on any atom is -0.396 e. The summed E-state index contributed by atoms with van der Waals surface area (Å²) in [5, 5.41) is 12.2. The van der Waals surface area contributed by atoms with Crippen molar-refractivity contribution in [2.45, 2.75) is 13.3 Å². The van der Waals surface area contributed by atoms with Crippen molar-refractivity contribution in [1.82, 2.24) is 10.2 Å². The van der Waals surface area contributed by atoms with Gasteiger partial charge in [-0.1, -0.05) is 6.92 Å². The van der Waals surface area contributed by atoms with Crippen LogP contribution in [0.25, 0.3) is 0 Å². The molecular weight excluding hydrogens is 192 g/mol. The van der Waals surface area contributed by atoms with Gasteiger partial charge in [-0.3, -0.25) is 4.90 Å². The molecule has 15 heavy (non-hydrogen) atoms. The molecule has 90 valence electrons. The summed E-state index contributed by atoms with van der Waals surface area (Å²) in [5.41, 5.74) is 0. The van der Waals surface area contributed by atoms with Crippen LogP contribution in [0.4, 0.5) is 0 Å². The van der Waals surface area contributed by atoms with Crippen LogP contribution in [0, 0.1) is 5.92 Å². The molecule has 1 atom stereocenters. The van der Waals surface area contributed by atoms with Gasteiger partial charge in [0, 0.05) is 19.7 Å². The Balaban J connectivity index is 1.87. The Bertz CT molecular complexity index is 150. The Labute approximate surface area is 92.6 Å². The summed E-state index contributed by atoms with van der Waals surface area (Å²) in [4.78, 5) is 2.45. The molecule has 1 unspecified atom stereocenters. The van der Waals surface area contributed by atoms with Crippen molar-refractivity contribution in [2.24, 2.45) is 5.92 Å². The first-order valence-corrected chi connectivity index (χ1v) is 5.94. The lowest BCUT2D eigenvalue weighted by Crippen LogP contribution is -2.38. The molecule has 1 aliphatic rings. The molecule has 4 heteroatoms. The minimum absolute atomic E-state index is 0.274. The predicted molar refractivity (Wildman–Crippen MR) is 61.0 cm³/mol. The smallest absolute Gasteiger partial charge is 0.0594 e. The molecule has 0 saturated carbocycles. The van der Waals surface area contributed by atoms with Crippen molar-refractivity contribution in [2.75, 3.05) is 52.5 Å². The molecule has 1 fully saturated rings. The monoisotopic (exact) mass is 216 g/mol. The molecule has 0 spiro atoms. The standard InChI is InChI=1S/C11H24N2O2/c1-11(10-14)9-12-3-2-4-13-5-7-15-8-6-13/h11-12,14H,2-10H2,1H3. The van der Waals surface area contributed by atoms with Crippen LogP contribution in [0.15, 0.2) is 0 Å². The van der Waals surface area contributed by atoms with E-state index in [-0.39, 0.29) is 6.61 Å². The van der Waals surface area contributed by atoms with E-state index < -0.39 is 0 Å². The summed E-state index contributed by atoms with van der Waals surface area (Å²) >= 11 is 0. The van der Waals surface area contributed by atoms with Gasteiger partial charge in [0.25, 0.3) is 0 Å². The highest BCUT2D eigenvalue weighted by Gasteiger charge is 2.08. The molecule has 1 saturated heterocycles. The van der Waals surface area contributed by atoms with E-state index in [1.807, 2.05) is 0 Å². The summed E-state index contributed by atoms with van der Waals surface area (Å²) in [7, 11) is 0. The van der Waals surface area contributed by atoms with Crippen molar-refractivity contribution in [3.63, 3.8) is 0 Å². The minimum atomic E-state index is 0.274. The van der Waals surface area contributed by atoms with E-state index in [0.717, 1.165) is 45.9 Å². The number of hydrogen-bond acceptors (Lipinski definition) is 4. The molecule has 1 rings (SSSR count). The molecule has 0 aliphatic carbocycles. The zero-order chi connectivity index (χ0) is 10.9. The zero-order valence-corrected chi connectivity index (χ0v) is 9.74. The van der Waals surface area contributed by atoms with Crippen molar-refractivity contribution >= 4 is 0 Å². The van der Waals surface area contributed by atoms with Crippen molar-refractivity contribution < 1.29 is 9.84 Å². The third kappa shape index (κ3) is 6.10. The number of morpholine rings is 1. The second-order valence-electron chi connectivity index (χ2n) is 4.30. The first-order chi connectivity index (χ1) is 7.33. The third-order valence-corrected chi connectivity index (χ3v) is 2.74. The fourth-order valence-corrected chi connectivity index (χ4v) is 1.67. The second kappa shape index (κ2) is 8.05. The summed E-state index contributed by atoms with van der Waals surface area (Å²) < 4.78 is 5.29. The van der Waals surface area contributed by atoms with Crippen LogP contribution in [0.3, 0.4) is 0 Å². The molecule has 1 heterocycles. The Morgan fingerprint density at radius 1 is 1.40 bits per heavy atom. The SMILES string of the molecule is CC(CO)CNCCCN1CCOCC1. The molecule has 0 aromatic heterocycles. The average molecular weight is 216 g/mol. The first kappa shape index (κ1) is 12.9. The number of nitrogens with one attached hydrogen (secondary N) is 1. The number of aliphatic hydroxyl groups excluding tert-OH is 1. The summed E-state index contributed by atoms with van der Waals surface area (Å²) in [6.07, 6.45) is 1.18. The van der Waals surface area contributed by atoms with Gasteiger partial charge in [0.2, 0.25) is 0 Å². The lowest BCUT2D eigenvalue weighted by Gasteiger charge is -2.26. The van der Waals surface area contributed by atoms with Crippen molar-refractivity contribution in [3.05, 3.63) is 0 Å². The molecule has 0 bridgehead atoms. The van der Waals surface area contributed by atoms with Crippen LogP contribution in [0.5, 0.6) is 0 Å². The van der Waals surface area contributed by atoms with E-state index in [1.54, 1.807) is 0 Å². The van der Waals surface area contributed by atoms with Crippen LogP contribution in [0.2, 0.25) is 0 Å². The maximum Gasteiger partial charge on any atom is 0.0594 e. The zero-order valence-electron chi connectivity index (χ0n) is 9.74. The predicted octanol–water partition coefficient (Wildman–Crippen LogP) is -0.0733. The van der Waals surface area contributed by atoms with E-state index in [2.05, 4.69) is 17.1 Å². The topological polar surface area (TPSA) is 44.7 Å². The highest BCUT2D eigenvalue weighted by Crippen LogP contribution is 1.97. The van der Waals surface area contributed by atoms with Gasteiger partial charge in [0.15, 0.2) is 0 Å². The lowest BCUT2D eigenvalue weighted by molar-refractivity contribution is 0.0374. The van der Waals surface area contributed by atoms with E-state index in [9.17, 15) is 0 Å². The molecule has 4 nitrogen and oxygen atoms in total. The van der Waals surface area contributed by atoms with E-state index >= 15 is 0 Å². The van der Waals surface area contributed by atoms with E-state index in [1.165, 1.54) is 6.42 Å². The van der Waals surface area contributed by atoms with Gasteiger partial charge in [0.05, 0.1) is 13.2 Å². The Hall–Kier alpha value is -0.160. The summed E-state index contributed by atoms with van der Waals surface area (Å²) in [6.45, 7) is 9.36. The first-order valence-electron chi connectivity index (χ1n) is 5.94. The van der Waals surface area contributed by atoms with Crippen LogP contribution in [-0.2, 0) is 4.74 Å². The van der Waals surface area contributed by atoms with Crippen LogP contribution in [-0.4, -0.2) is 62.6 Å². The van der Waals surface area contributed by atoms with Gasteiger partial charge in [-0.2, -0.15) is 0 Å². The highest BCUT2D eigenvalue weighted by molar-refractivity contribution is 4.63. The molecule has 1 aliphatic heterocycles. The fourth-order valence-electron chi connectivity index (χ4n) is 1.67. The molecule has 0 aromatic rings. The fraction of sp³-hybridized carbons (Fsp3) is 1.00. The maximum absolute atomic E-state index is 8.83. The molecular formula is C11H24N2O2. The van der Waals surface area contributed by atoms with Gasteiger partial charge < -0.3 is 15.2 Å². The largest absolute Gasteiger partial charge is 0.396 e. The van der Waals surface area contributed by atoms with Gasteiger partial charge >= 0.3 is 0 Å². The van der Waals surface area contributed by atoms with E-state index in [4.69, 9.17) is 9.84 Å². The van der Waals surface area contributed by atoms with Gasteiger partial charge in [-0.05, 0) is 32.0 Å². The van der Waals surface area contributed by atoms with Crippen LogP contribution >= 0.6 is 0 Å². The van der Waals surface area contributed by atoms with Gasteiger partial charge in [-0.15, -0.1) is 0 Å². The van der Waals surface area contributed by atoms with E-state index in [0.29, 0.717) is 5.92 Å². The Morgan fingerprint density at radius 2 is 2.13 bits per heavy atom. The summed E-state index contributed by atoms with van der Waals surface area (Å²) in [5.74, 6) is 0.369. The number of rotatable bonds is 7. The quantitative estimate of drug-likeness (QED) is 0.585. The Morgan fingerprint density at radius 3 is 2.80 bits per heavy atom. The number of hydrogen-bond donors (Lipinski definition) is 2. The highest BCUT2D eigenvalue weighted by atomic mass is 16.5. The number of nitrogens with zero attached hydrogens (tertiary/aromatic N) is 1. The maximum atomic E-state index is 8.83. The lowest BCUT2D eigenvalue weighted by atomic mass is 10.2. The number of ether oxygens (including phenoxy) is 1. The van der Waals surface area contributed by atoms with Crippen LogP contribution < -0.4 is 5.32 Å². The second-order valence-corrected chi connectivity index (χ2v) is 4.30. The normalized spacial score (nSPS) is 20.4. The van der Waals surface area contributed by atoms with Gasteiger partial charge in [0.1, 0.15) is 0 Å². The van der Waals surface area contributed by atoms with Gasteiger partial charge in [-0.25, -0.2) is 0 Å². The molecule has 2 N–H and O–H groups in total. The molecule has 0 aromatic carbocycles. The summed E-state index contributed by atoms with van der Waals surface area (Å²) in [6, 6.07) is 0.